The molecule has 8 heteroatoms. The number of hydrogen-bond donors (Lipinski definition) is 5. The molecule has 122 valence electrons. The van der Waals surface area contributed by atoms with Gasteiger partial charge in [0.25, 0.3) is 0 Å². The van der Waals surface area contributed by atoms with E-state index in [9.17, 15) is 20.1 Å². The predicted octanol–water partition coefficient (Wildman–Crippen LogP) is -1.16. The number of benzene rings is 1. The second-order valence-corrected chi connectivity index (χ2v) is 5.02. The van der Waals surface area contributed by atoms with Crippen LogP contribution in [-0.4, -0.2) is 68.8 Å². The number of carboxylic acids is 1. The molecule has 1 aromatic rings. The van der Waals surface area contributed by atoms with E-state index in [4.69, 9.17) is 19.7 Å². The number of aliphatic hydroxyl groups is 3. The van der Waals surface area contributed by atoms with E-state index in [1.54, 1.807) is 12.1 Å². The second kappa shape index (κ2) is 7.03. The highest BCUT2D eigenvalue weighted by atomic mass is 16.7. The highest BCUT2D eigenvalue weighted by Gasteiger charge is 2.47. The Kier molecular flexibility index (Phi) is 5.33. The number of aliphatic carboxylic acids is 1. The third-order valence-electron chi connectivity index (χ3n) is 3.42. The van der Waals surface area contributed by atoms with Crippen LogP contribution in [0.1, 0.15) is 5.56 Å². The first-order valence-corrected chi connectivity index (χ1v) is 6.72. The zero-order valence-corrected chi connectivity index (χ0v) is 11.6. The maximum absolute atomic E-state index is 10.9. The van der Waals surface area contributed by atoms with Crippen LogP contribution in [0.2, 0.25) is 0 Å². The summed E-state index contributed by atoms with van der Waals surface area (Å²) in [6.07, 6.45) is -7.54. The molecule has 0 saturated carbocycles. The molecular formula is C14H18O8. The highest BCUT2D eigenvalue weighted by Crippen LogP contribution is 2.22. The van der Waals surface area contributed by atoms with E-state index < -0.39 is 36.7 Å². The van der Waals surface area contributed by atoms with Crippen LogP contribution in [0, 0.1) is 0 Å². The first-order chi connectivity index (χ1) is 10.4. The summed E-state index contributed by atoms with van der Waals surface area (Å²) in [5, 5.41) is 47.0. The molecular weight excluding hydrogens is 296 g/mol. The van der Waals surface area contributed by atoms with Crippen molar-refractivity contribution in [1.29, 1.82) is 0 Å². The van der Waals surface area contributed by atoms with Gasteiger partial charge in [0.1, 0.15) is 24.1 Å². The number of aromatic hydroxyl groups is 1. The third-order valence-corrected chi connectivity index (χ3v) is 3.42. The van der Waals surface area contributed by atoms with Gasteiger partial charge in [0, 0.05) is 0 Å². The van der Waals surface area contributed by atoms with Gasteiger partial charge in [-0.2, -0.15) is 0 Å². The van der Waals surface area contributed by atoms with Crippen molar-refractivity contribution in [2.45, 2.75) is 37.1 Å². The van der Waals surface area contributed by atoms with Crippen LogP contribution in [-0.2, 0) is 20.7 Å². The Labute approximate surface area is 126 Å². The fraction of sp³-hybridized carbons (Fsp3) is 0.500. The molecule has 0 radical (unpaired) electrons. The van der Waals surface area contributed by atoms with Crippen molar-refractivity contribution in [2.75, 3.05) is 6.61 Å². The number of phenols is 1. The molecule has 5 atom stereocenters. The number of rotatable bonds is 5. The first kappa shape index (κ1) is 16.7. The van der Waals surface area contributed by atoms with Crippen LogP contribution >= 0.6 is 0 Å². The van der Waals surface area contributed by atoms with Crippen LogP contribution in [0.3, 0.4) is 0 Å². The van der Waals surface area contributed by atoms with Gasteiger partial charge in [0.2, 0.25) is 0 Å². The molecule has 2 rings (SSSR count). The van der Waals surface area contributed by atoms with Crippen molar-refractivity contribution in [3.05, 3.63) is 29.8 Å². The minimum atomic E-state index is -1.73. The van der Waals surface area contributed by atoms with E-state index in [0.717, 1.165) is 5.56 Å². The van der Waals surface area contributed by atoms with Crippen molar-refractivity contribution in [1.82, 2.24) is 0 Å². The van der Waals surface area contributed by atoms with Crippen molar-refractivity contribution in [2.24, 2.45) is 0 Å². The Hall–Kier alpha value is -1.71. The van der Waals surface area contributed by atoms with Crippen LogP contribution in [0.15, 0.2) is 24.3 Å². The zero-order valence-electron chi connectivity index (χ0n) is 11.6. The lowest BCUT2D eigenvalue weighted by molar-refractivity contribution is -0.293. The first-order valence-electron chi connectivity index (χ1n) is 6.72. The maximum Gasteiger partial charge on any atom is 0.335 e. The Bertz CT molecular complexity index is 502. The lowest BCUT2D eigenvalue weighted by atomic mass is 9.99. The van der Waals surface area contributed by atoms with E-state index in [0.29, 0.717) is 6.42 Å². The fourth-order valence-electron chi connectivity index (χ4n) is 2.15. The lowest BCUT2D eigenvalue weighted by Gasteiger charge is -2.38. The largest absolute Gasteiger partial charge is 0.508 e. The zero-order chi connectivity index (χ0) is 16.3. The molecule has 1 heterocycles. The SMILES string of the molecule is O=C(O)[C@H]1O[C@@H](OCCc2ccc(O)cc2)[C@H](O)[C@@H](O)[C@@H]1O. The summed E-state index contributed by atoms with van der Waals surface area (Å²) in [5.41, 5.74) is 0.860. The van der Waals surface area contributed by atoms with Gasteiger partial charge >= 0.3 is 5.97 Å². The predicted molar refractivity (Wildman–Crippen MR) is 72.1 cm³/mol. The highest BCUT2D eigenvalue weighted by molar-refractivity contribution is 5.73. The number of carboxylic acid groups (broad SMARTS) is 1. The van der Waals surface area contributed by atoms with Gasteiger partial charge < -0.3 is 35.0 Å². The molecule has 0 aliphatic carbocycles. The molecule has 0 spiro atoms. The minimum absolute atomic E-state index is 0.0989. The number of carbonyl (C=O) groups is 1. The van der Waals surface area contributed by atoms with E-state index >= 15 is 0 Å². The molecule has 22 heavy (non-hydrogen) atoms. The molecule has 1 saturated heterocycles. The van der Waals surface area contributed by atoms with Crippen LogP contribution in [0.25, 0.3) is 0 Å². The molecule has 0 unspecified atom stereocenters. The topological polar surface area (TPSA) is 137 Å². The molecule has 1 fully saturated rings. The Morgan fingerprint density at radius 2 is 1.73 bits per heavy atom. The molecule has 5 N–H and O–H groups in total. The smallest absolute Gasteiger partial charge is 0.335 e. The summed E-state index contributed by atoms with van der Waals surface area (Å²) in [4.78, 5) is 10.9. The van der Waals surface area contributed by atoms with E-state index in [2.05, 4.69) is 0 Å². The average Bonchev–Trinajstić information content (AvgIpc) is 2.49. The quantitative estimate of drug-likeness (QED) is 0.459. The van der Waals surface area contributed by atoms with E-state index in [1.165, 1.54) is 12.1 Å². The maximum atomic E-state index is 10.9. The summed E-state index contributed by atoms with van der Waals surface area (Å²) in [5.74, 6) is -1.32. The molecule has 0 amide bonds. The molecule has 1 aliphatic rings. The van der Waals surface area contributed by atoms with Gasteiger partial charge in [-0.1, -0.05) is 12.1 Å². The van der Waals surface area contributed by atoms with Crippen molar-refractivity contribution < 1.29 is 39.8 Å². The Morgan fingerprint density at radius 1 is 1.09 bits per heavy atom. The number of ether oxygens (including phenoxy) is 2. The van der Waals surface area contributed by atoms with Gasteiger partial charge in [-0.3, -0.25) is 0 Å². The van der Waals surface area contributed by atoms with Crippen LogP contribution in [0.4, 0.5) is 0 Å². The van der Waals surface area contributed by atoms with Crippen molar-refractivity contribution in [3.8, 4) is 5.75 Å². The Morgan fingerprint density at radius 3 is 2.32 bits per heavy atom. The summed E-state index contributed by atoms with van der Waals surface area (Å²) in [6.45, 7) is 0.0989. The second-order valence-electron chi connectivity index (χ2n) is 5.02. The summed E-state index contributed by atoms with van der Waals surface area (Å²) in [6, 6.07) is 6.41. The van der Waals surface area contributed by atoms with Crippen molar-refractivity contribution in [3.63, 3.8) is 0 Å². The van der Waals surface area contributed by atoms with Crippen molar-refractivity contribution >= 4 is 5.97 Å². The molecule has 0 bridgehead atoms. The molecule has 1 aliphatic heterocycles. The van der Waals surface area contributed by atoms with Gasteiger partial charge in [0.05, 0.1) is 6.61 Å². The number of phenolic OH excluding ortho intramolecular Hbond substituents is 1. The van der Waals surface area contributed by atoms with E-state index in [1.807, 2.05) is 0 Å². The minimum Gasteiger partial charge on any atom is -0.508 e. The standard InChI is InChI=1S/C14H18O8/c15-8-3-1-7(2-4-8)5-6-21-14-11(18)9(16)10(17)12(22-14)13(19)20/h1-4,9-12,14-18H,5-6H2,(H,19,20)/t9-,10-,11+,12-,14+/m0/s1. The Balaban J connectivity index is 1.90. The summed E-state index contributed by atoms with van der Waals surface area (Å²) >= 11 is 0. The average molecular weight is 314 g/mol. The summed E-state index contributed by atoms with van der Waals surface area (Å²) in [7, 11) is 0. The van der Waals surface area contributed by atoms with Crippen LogP contribution in [0.5, 0.6) is 5.75 Å². The lowest BCUT2D eigenvalue weighted by Crippen LogP contribution is -2.60. The normalized spacial score (nSPS) is 31.9. The summed E-state index contributed by atoms with van der Waals surface area (Å²) < 4.78 is 10.2. The van der Waals surface area contributed by atoms with Gasteiger partial charge in [-0.25, -0.2) is 4.79 Å². The third kappa shape index (κ3) is 3.73. The monoisotopic (exact) mass is 314 g/mol. The van der Waals surface area contributed by atoms with Gasteiger partial charge in [-0.05, 0) is 24.1 Å². The van der Waals surface area contributed by atoms with E-state index in [-0.39, 0.29) is 12.4 Å². The van der Waals surface area contributed by atoms with Gasteiger partial charge in [0.15, 0.2) is 12.4 Å². The fourth-order valence-corrected chi connectivity index (χ4v) is 2.15. The van der Waals surface area contributed by atoms with Crippen LogP contribution < -0.4 is 0 Å². The number of hydrogen-bond acceptors (Lipinski definition) is 7. The number of aliphatic hydroxyl groups excluding tert-OH is 3. The molecule has 8 nitrogen and oxygen atoms in total. The molecule has 0 aromatic heterocycles. The van der Waals surface area contributed by atoms with Gasteiger partial charge in [-0.15, -0.1) is 0 Å². The molecule has 1 aromatic carbocycles.